The summed E-state index contributed by atoms with van der Waals surface area (Å²) in [6.07, 6.45) is 3.71. The fourth-order valence-electron chi connectivity index (χ4n) is 3.79. The molecule has 2 saturated heterocycles. The Bertz CT molecular complexity index is 767. The van der Waals surface area contributed by atoms with Gasteiger partial charge in [-0.15, -0.1) is 0 Å². The number of hydrogen-bond acceptors (Lipinski definition) is 5. The molecule has 2 N–H and O–H groups in total. The van der Waals surface area contributed by atoms with Crippen LogP contribution in [0.25, 0.3) is 5.52 Å². The van der Waals surface area contributed by atoms with Crippen LogP contribution in [0.4, 0.5) is 0 Å². The number of aromatic nitrogens is 4. The van der Waals surface area contributed by atoms with E-state index in [1.807, 2.05) is 0 Å². The Morgan fingerprint density at radius 2 is 2.22 bits per heavy atom. The van der Waals surface area contributed by atoms with Gasteiger partial charge < -0.3 is 15.0 Å². The number of ether oxygens (including phenoxy) is 1. The van der Waals surface area contributed by atoms with E-state index in [4.69, 9.17) is 9.84 Å². The van der Waals surface area contributed by atoms with Crippen LogP contribution in [-0.2, 0) is 4.74 Å². The molecule has 7 nitrogen and oxygen atoms in total. The number of aromatic amines is 1. The van der Waals surface area contributed by atoms with E-state index in [9.17, 15) is 4.79 Å². The van der Waals surface area contributed by atoms with Crippen LogP contribution in [-0.4, -0.2) is 45.4 Å². The Morgan fingerprint density at radius 3 is 2.96 bits per heavy atom. The zero-order valence-corrected chi connectivity index (χ0v) is 13.6. The molecule has 4 heterocycles. The van der Waals surface area contributed by atoms with Crippen LogP contribution in [0.2, 0.25) is 0 Å². The summed E-state index contributed by atoms with van der Waals surface area (Å²) in [4.78, 5) is 19.9. The minimum absolute atomic E-state index is 0.104. The van der Waals surface area contributed by atoms with Crippen molar-refractivity contribution < 1.29 is 4.74 Å². The highest BCUT2D eigenvalue weighted by Gasteiger charge is 2.29. The van der Waals surface area contributed by atoms with E-state index in [1.165, 1.54) is 0 Å². The van der Waals surface area contributed by atoms with Crippen LogP contribution in [0.15, 0.2) is 11.0 Å². The molecule has 4 unspecified atom stereocenters. The minimum atomic E-state index is -0.104. The van der Waals surface area contributed by atoms with Crippen molar-refractivity contribution in [2.45, 2.75) is 44.6 Å². The topological polar surface area (TPSA) is 84.3 Å². The molecule has 2 fully saturated rings. The number of rotatable bonds is 2. The predicted molar refractivity (Wildman–Crippen MR) is 85.8 cm³/mol. The molecular formula is C16H23N5O2. The van der Waals surface area contributed by atoms with Gasteiger partial charge in [-0.25, -0.2) is 9.50 Å². The monoisotopic (exact) mass is 317 g/mol. The largest absolute Gasteiger partial charge is 0.378 e. The van der Waals surface area contributed by atoms with Crippen molar-refractivity contribution in [3.8, 4) is 0 Å². The molecule has 0 saturated carbocycles. The Hall–Kier alpha value is -1.73. The number of hydrogen-bond donors (Lipinski definition) is 2. The van der Waals surface area contributed by atoms with Gasteiger partial charge in [-0.1, -0.05) is 6.92 Å². The van der Waals surface area contributed by atoms with Crippen molar-refractivity contribution in [2.75, 3.05) is 19.7 Å². The minimum Gasteiger partial charge on any atom is -0.378 e. The van der Waals surface area contributed by atoms with Crippen LogP contribution >= 0.6 is 0 Å². The molecule has 23 heavy (non-hydrogen) atoms. The Labute approximate surface area is 134 Å². The number of nitrogens with one attached hydrogen (secondary N) is 2. The number of fused-ring (bicyclic) bond motifs is 1. The molecule has 0 radical (unpaired) electrons. The number of nitrogens with zero attached hydrogens (tertiary/aromatic N) is 3. The molecule has 0 amide bonds. The number of H-pyrrole nitrogens is 1. The summed E-state index contributed by atoms with van der Waals surface area (Å²) < 4.78 is 7.39. The third-order valence-corrected chi connectivity index (χ3v) is 5.17. The molecule has 2 aliphatic rings. The second kappa shape index (κ2) is 5.72. The van der Waals surface area contributed by atoms with Crippen molar-refractivity contribution in [3.63, 3.8) is 0 Å². The molecule has 2 aliphatic heterocycles. The first kappa shape index (κ1) is 14.8. The van der Waals surface area contributed by atoms with Crippen LogP contribution in [0.5, 0.6) is 0 Å². The van der Waals surface area contributed by atoms with Crippen molar-refractivity contribution >= 4 is 5.52 Å². The van der Waals surface area contributed by atoms with Gasteiger partial charge in [-0.05, 0) is 32.2 Å². The lowest BCUT2D eigenvalue weighted by molar-refractivity contribution is 0.0170. The van der Waals surface area contributed by atoms with Crippen molar-refractivity contribution in [1.82, 2.24) is 24.9 Å². The SMILES string of the molecule is CC1CC(c2ncc3c(=O)[nH]c(C4CNCC4C)nn23)CCO1. The summed E-state index contributed by atoms with van der Waals surface area (Å²) in [7, 11) is 0. The lowest BCUT2D eigenvalue weighted by Gasteiger charge is -2.26. The van der Waals surface area contributed by atoms with Crippen molar-refractivity contribution in [2.24, 2.45) is 5.92 Å². The maximum Gasteiger partial charge on any atom is 0.276 e. The van der Waals surface area contributed by atoms with Gasteiger partial charge in [0, 0.05) is 25.0 Å². The molecule has 4 rings (SSSR count). The first-order valence-electron chi connectivity index (χ1n) is 8.43. The first-order valence-corrected chi connectivity index (χ1v) is 8.43. The standard InChI is InChI=1S/C16H23N5O2/c1-9-6-17-7-12(9)14-19-16(22)13-8-18-15(21(13)20-14)11-3-4-23-10(2)5-11/h8-12,17H,3-7H2,1-2H3,(H,19,20,22). The van der Waals surface area contributed by atoms with Gasteiger partial charge in [0.2, 0.25) is 0 Å². The zero-order valence-electron chi connectivity index (χ0n) is 13.6. The quantitative estimate of drug-likeness (QED) is 0.864. The molecule has 7 heteroatoms. The molecular weight excluding hydrogens is 294 g/mol. The highest BCUT2D eigenvalue weighted by molar-refractivity contribution is 5.42. The van der Waals surface area contributed by atoms with E-state index in [2.05, 4.69) is 29.1 Å². The maximum absolute atomic E-state index is 12.4. The third kappa shape index (κ3) is 2.57. The fourth-order valence-corrected chi connectivity index (χ4v) is 3.79. The van der Waals surface area contributed by atoms with E-state index in [0.29, 0.717) is 17.4 Å². The Morgan fingerprint density at radius 1 is 1.35 bits per heavy atom. The molecule has 0 bridgehead atoms. The molecule has 0 spiro atoms. The second-order valence-corrected chi connectivity index (χ2v) is 6.90. The average Bonchev–Trinajstić information content (AvgIpc) is 3.13. The molecule has 2 aromatic heterocycles. The van der Waals surface area contributed by atoms with E-state index in [-0.39, 0.29) is 17.6 Å². The van der Waals surface area contributed by atoms with E-state index < -0.39 is 0 Å². The second-order valence-electron chi connectivity index (χ2n) is 6.90. The zero-order chi connectivity index (χ0) is 16.0. The van der Waals surface area contributed by atoms with E-state index >= 15 is 0 Å². The van der Waals surface area contributed by atoms with Gasteiger partial charge in [-0.2, -0.15) is 5.10 Å². The van der Waals surface area contributed by atoms with Crippen molar-refractivity contribution in [3.05, 3.63) is 28.2 Å². The predicted octanol–water partition coefficient (Wildman–Crippen LogP) is 1.02. The average molecular weight is 317 g/mol. The fraction of sp³-hybridized carbons (Fsp3) is 0.688. The van der Waals surface area contributed by atoms with E-state index in [0.717, 1.165) is 44.2 Å². The van der Waals surface area contributed by atoms with E-state index in [1.54, 1.807) is 10.7 Å². The van der Waals surface area contributed by atoms with Crippen LogP contribution < -0.4 is 10.9 Å². The van der Waals surface area contributed by atoms with Crippen molar-refractivity contribution in [1.29, 1.82) is 0 Å². The summed E-state index contributed by atoms with van der Waals surface area (Å²) >= 11 is 0. The molecule has 0 aliphatic carbocycles. The normalized spacial score (nSPS) is 31.7. The van der Waals surface area contributed by atoms with Gasteiger partial charge in [0.25, 0.3) is 5.56 Å². The molecule has 0 aromatic carbocycles. The summed E-state index contributed by atoms with van der Waals surface area (Å²) in [5.74, 6) is 2.66. The van der Waals surface area contributed by atoms with Gasteiger partial charge >= 0.3 is 0 Å². The van der Waals surface area contributed by atoms with Gasteiger partial charge in [-0.3, -0.25) is 4.79 Å². The highest BCUT2D eigenvalue weighted by atomic mass is 16.5. The third-order valence-electron chi connectivity index (χ3n) is 5.17. The Kier molecular flexibility index (Phi) is 3.69. The maximum atomic E-state index is 12.4. The molecule has 124 valence electrons. The van der Waals surface area contributed by atoms with Crippen LogP contribution in [0.1, 0.15) is 50.2 Å². The summed E-state index contributed by atoms with van der Waals surface area (Å²) in [6, 6.07) is 0. The molecule has 4 atom stereocenters. The van der Waals surface area contributed by atoms with Gasteiger partial charge in [0.1, 0.15) is 11.6 Å². The summed E-state index contributed by atoms with van der Waals surface area (Å²) in [5.41, 5.74) is 0.425. The lowest BCUT2D eigenvalue weighted by Crippen LogP contribution is -2.25. The lowest BCUT2D eigenvalue weighted by atomic mass is 9.95. The molecule has 2 aromatic rings. The highest BCUT2D eigenvalue weighted by Crippen LogP contribution is 2.29. The first-order chi connectivity index (χ1) is 11.1. The smallest absolute Gasteiger partial charge is 0.276 e. The summed E-state index contributed by atoms with van der Waals surface area (Å²) in [5, 5.41) is 8.11. The Balaban J connectivity index is 1.77. The van der Waals surface area contributed by atoms with Crippen LogP contribution in [0.3, 0.4) is 0 Å². The summed E-state index contributed by atoms with van der Waals surface area (Å²) in [6.45, 7) is 6.82. The number of imidazole rings is 1. The van der Waals surface area contributed by atoms with Gasteiger partial charge in [0.05, 0.1) is 12.3 Å². The van der Waals surface area contributed by atoms with Crippen LogP contribution in [0, 0.1) is 5.92 Å². The van der Waals surface area contributed by atoms with Gasteiger partial charge in [0.15, 0.2) is 5.52 Å².